The molecule has 64 valence electrons. The Bertz CT molecular complexity index is 479. The molecule has 0 aromatic carbocycles. The molecule has 5 nitrogen and oxygen atoms in total. The van der Waals surface area contributed by atoms with E-state index in [1.54, 1.807) is 22.8 Å². The minimum atomic E-state index is 0.309. The fraction of sp³-hybridized carbons (Fsp3) is 0.125. The lowest BCUT2D eigenvalue weighted by molar-refractivity contribution is 0.868. The van der Waals surface area contributed by atoms with Crippen molar-refractivity contribution in [1.82, 2.24) is 14.6 Å². The number of pyridine rings is 1. The van der Waals surface area contributed by atoms with Gasteiger partial charge in [0.15, 0.2) is 11.5 Å². The molecule has 2 rings (SSSR count). The summed E-state index contributed by atoms with van der Waals surface area (Å²) >= 11 is 0. The Morgan fingerprint density at radius 2 is 2.38 bits per heavy atom. The maximum absolute atomic E-state index is 8.62. The monoisotopic (exact) mass is 173 g/mol. The molecule has 2 aromatic rings. The highest BCUT2D eigenvalue weighted by molar-refractivity contribution is 5.41. The lowest BCUT2D eigenvalue weighted by Crippen LogP contribution is -1.98. The maximum Gasteiger partial charge on any atom is 0.165 e. The number of rotatable bonds is 1. The first-order valence-corrected chi connectivity index (χ1v) is 3.79. The maximum atomic E-state index is 8.62. The molecule has 2 N–H and O–H groups in total. The number of nitriles is 1. The highest BCUT2D eigenvalue weighted by Gasteiger charge is 2.01. The first kappa shape index (κ1) is 7.71. The molecule has 0 spiro atoms. The van der Waals surface area contributed by atoms with Crippen molar-refractivity contribution >= 4 is 5.65 Å². The quantitative estimate of drug-likeness (QED) is 0.661. The van der Waals surface area contributed by atoms with Crippen molar-refractivity contribution in [2.45, 2.75) is 6.54 Å². The van der Waals surface area contributed by atoms with Crippen molar-refractivity contribution in [2.75, 3.05) is 0 Å². The number of nitrogens with two attached hydrogens (primary N) is 1. The van der Waals surface area contributed by atoms with Gasteiger partial charge in [0.25, 0.3) is 0 Å². The van der Waals surface area contributed by atoms with E-state index in [0.29, 0.717) is 23.6 Å². The lowest BCUT2D eigenvalue weighted by Gasteiger charge is -1.89. The Morgan fingerprint density at radius 1 is 1.54 bits per heavy atom. The predicted octanol–water partition coefficient (Wildman–Crippen LogP) is 0.0597. The van der Waals surface area contributed by atoms with E-state index in [0.717, 1.165) is 0 Å². The Kier molecular flexibility index (Phi) is 1.69. The van der Waals surface area contributed by atoms with Crippen LogP contribution in [0.3, 0.4) is 0 Å². The topological polar surface area (TPSA) is 80.0 Å². The molecule has 2 aromatic heterocycles. The third kappa shape index (κ3) is 1.23. The molecule has 0 atom stereocenters. The van der Waals surface area contributed by atoms with Crippen LogP contribution in [0.15, 0.2) is 18.3 Å². The summed E-state index contributed by atoms with van der Waals surface area (Å²) in [4.78, 5) is 4.12. The number of nitrogens with zero attached hydrogens (tertiary/aromatic N) is 4. The normalized spacial score (nSPS) is 10.2. The largest absolute Gasteiger partial charge is 0.324 e. The first-order chi connectivity index (χ1) is 6.33. The van der Waals surface area contributed by atoms with Crippen LogP contribution < -0.4 is 5.73 Å². The summed E-state index contributed by atoms with van der Waals surface area (Å²) < 4.78 is 1.56. The van der Waals surface area contributed by atoms with E-state index in [-0.39, 0.29) is 0 Å². The number of aromatic nitrogens is 3. The van der Waals surface area contributed by atoms with E-state index in [1.165, 1.54) is 0 Å². The third-order valence-electron chi connectivity index (χ3n) is 1.69. The van der Waals surface area contributed by atoms with Crippen molar-refractivity contribution < 1.29 is 0 Å². The number of fused-ring (bicyclic) bond motifs is 1. The zero-order valence-corrected chi connectivity index (χ0v) is 6.81. The fourth-order valence-electron chi connectivity index (χ4n) is 1.08. The average Bonchev–Trinajstić information content (AvgIpc) is 2.58. The Labute approximate surface area is 74.4 Å². The SMILES string of the molecule is N#Cc1ccc2nc(CN)nn2c1. The van der Waals surface area contributed by atoms with Crippen LogP contribution in [0.5, 0.6) is 0 Å². The molecule has 0 bridgehead atoms. The van der Waals surface area contributed by atoms with Crippen LogP contribution in [0, 0.1) is 11.3 Å². The van der Waals surface area contributed by atoms with Gasteiger partial charge in [-0.3, -0.25) is 0 Å². The lowest BCUT2D eigenvalue weighted by atomic mass is 10.3. The predicted molar refractivity (Wildman–Crippen MR) is 45.6 cm³/mol. The minimum absolute atomic E-state index is 0.309. The zero-order valence-electron chi connectivity index (χ0n) is 6.81. The van der Waals surface area contributed by atoms with Gasteiger partial charge >= 0.3 is 0 Å². The first-order valence-electron chi connectivity index (χ1n) is 3.79. The Hall–Kier alpha value is -1.93. The standard InChI is InChI=1S/C8H7N5/c9-3-6-1-2-8-11-7(4-10)12-13(8)5-6/h1-2,5H,4,10H2. The van der Waals surface area contributed by atoms with Gasteiger partial charge in [-0.25, -0.2) is 9.50 Å². The molecule has 0 unspecified atom stereocenters. The summed E-state index contributed by atoms with van der Waals surface area (Å²) in [5.74, 6) is 0.579. The van der Waals surface area contributed by atoms with Gasteiger partial charge in [-0.15, -0.1) is 5.10 Å². The van der Waals surface area contributed by atoms with Crippen LogP contribution in [-0.2, 0) is 6.54 Å². The second-order valence-corrected chi connectivity index (χ2v) is 2.56. The third-order valence-corrected chi connectivity index (χ3v) is 1.69. The van der Waals surface area contributed by atoms with E-state index < -0.39 is 0 Å². The molecule has 2 heterocycles. The van der Waals surface area contributed by atoms with E-state index in [9.17, 15) is 0 Å². The molecule has 0 amide bonds. The van der Waals surface area contributed by atoms with Gasteiger partial charge in [0.1, 0.15) is 6.07 Å². The van der Waals surface area contributed by atoms with Gasteiger partial charge in [-0.2, -0.15) is 5.26 Å². The zero-order chi connectivity index (χ0) is 9.26. The summed E-state index contributed by atoms with van der Waals surface area (Å²) in [7, 11) is 0. The summed E-state index contributed by atoms with van der Waals surface area (Å²) in [6.07, 6.45) is 1.63. The second-order valence-electron chi connectivity index (χ2n) is 2.56. The Morgan fingerprint density at radius 3 is 3.08 bits per heavy atom. The van der Waals surface area contributed by atoms with Gasteiger partial charge in [0.2, 0.25) is 0 Å². The fourth-order valence-corrected chi connectivity index (χ4v) is 1.08. The van der Waals surface area contributed by atoms with Gasteiger partial charge in [-0.1, -0.05) is 0 Å². The minimum Gasteiger partial charge on any atom is -0.324 e. The summed E-state index contributed by atoms with van der Waals surface area (Å²) in [5, 5.41) is 12.7. The van der Waals surface area contributed by atoms with Crippen LogP contribution in [0.2, 0.25) is 0 Å². The number of hydrogen-bond acceptors (Lipinski definition) is 4. The molecule has 0 aliphatic heterocycles. The molecule has 0 aliphatic rings. The highest BCUT2D eigenvalue weighted by atomic mass is 15.3. The van der Waals surface area contributed by atoms with Crippen LogP contribution in [-0.4, -0.2) is 14.6 Å². The van der Waals surface area contributed by atoms with Crippen LogP contribution in [0.1, 0.15) is 11.4 Å². The van der Waals surface area contributed by atoms with Crippen molar-refractivity contribution in [2.24, 2.45) is 5.73 Å². The van der Waals surface area contributed by atoms with E-state index in [1.807, 2.05) is 6.07 Å². The summed E-state index contributed by atoms with van der Waals surface area (Å²) in [6.45, 7) is 0.309. The molecule has 0 saturated carbocycles. The van der Waals surface area contributed by atoms with E-state index in [2.05, 4.69) is 10.1 Å². The average molecular weight is 173 g/mol. The molecule has 0 saturated heterocycles. The molecule has 0 radical (unpaired) electrons. The smallest absolute Gasteiger partial charge is 0.165 e. The van der Waals surface area contributed by atoms with Gasteiger partial charge in [0.05, 0.1) is 12.1 Å². The van der Waals surface area contributed by atoms with Crippen molar-refractivity contribution in [1.29, 1.82) is 5.26 Å². The molecular weight excluding hydrogens is 166 g/mol. The molecular formula is C8H7N5. The highest BCUT2D eigenvalue weighted by Crippen LogP contribution is 2.03. The van der Waals surface area contributed by atoms with Crippen molar-refractivity contribution in [3.63, 3.8) is 0 Å². The van der Waals surface area contributed by atoms with Crippen molar-refractivity contribution in [3.8, 4) is 6.07 Å². The van der Waals surface area contributed by atoms with Gasteiger partial charge in [0, 0.05) is 6.20 Å². The van der Waals surface area contributed by atoms with E-state index >= 15 is 0 Å². The Balaban J connectivity index is 2.65. The second kappa shape index (κ2) is 2.84. The van der Waals surface area contributed by atoms with E-state index in [4.69, 9.17) is 11.0 Å². The molecule has 5 heteroatoms. The van der Waals surface area contributed by atoms with Crippen LogP contribution in [0.4, 0.5) is 0 Å². The number of hydrogen-bond donors (Lipinski definition) is 1. The molecule has 0 aliphatic carbocycles. The van der Waals surface area contributed by atoms with Crippen molar-refractivity contribution in [3.05, 3.63) is 29.7 Å². The van der Waals surface area contributed by atoms with Crippen LogP contribution >= 0.6 is 0 Å². The molecule has 13 heavy (non-hydrogen) atoms. The van der Waals surface area contributed by atoms with Crippen LogP contribution in [0.25, 0.3) is 5.65 Å². The van der Waals surface area contributed by atoms with Gasteiger partial charge in [-0.05, 0) is 12.1 Å². The summed E-state index contributed by atoms with van der Waals surface area (Å²) in [5.41, 5.74) is 6.65. The van der Waals surface area contributed by atoms with Gasteiger partial charge < -0.3 is 5.73 Å². The summed E-state index contributed by atoms with van der Waals surface area (Å²) in [6, 6.07) is 5.47. The molecule has 0 fully saturated rings.